The van der Waals surface area contributed by atoms with E-state index in [1.165, 1.54) is 109 Å². The van der Waals surface area contributed by atoms with E-state index in [4.69, 9.17) is 0 Å². The first kappa shape index (κ1) is 32.8. The molecular weight excluding hydrogens is 717 g/mol. The van der Waals surface area contributed by atoms with Crippen LogP contribution in [0.25, 0.3) is 77.1 Å². The van der Waals surface area contributed by atoms with Crippen molar-refractivity contribution in [1.29, 1.82) is 0 Å². The van der Waals surface area contributed by atoms with Crippen LogP contribution in [0.5, 0.6) is 0 Å². The predicted octanol–water partition coefficient (Wildman–Crippen LogP) is 11.3. The van der Waals surface area contributed by atoms with Crippen LogP contribution >= 0.6 is 0 Å². The molecule has 6 aliphatic rings. The Morgan fingerprint density at radius 2 is 1.20 bits per heavy atom. The molecule has 4 aliphatic carbocycles. The van der Waals surface area contributed by atoms with Gasteiger partial charge in [0.1, 0.15) is 0 Å². The van der Waals surface area contributed by atoms with Gasteiger partial charge in [-0.15, -0.1) is 0 Å². The predicted molar refractivity (Wildman–Crippen MR) is 245 cm³/mol. The van der Waals surface area contributed by atoms with Crippen molar-refractivity contribution in [3.05, 3.63) is 153 Å². The number of aromatic nitrogens is 3. The third kappa shape index (κ3) is 3.96. The average molecular weight is 762 g/mol. The number of fused-ring (bicyclic) bond motifs is 13. The fourth-order valence-corrected chi connectivity index (χ4v) is 13.9. The van der Waals surface area contributed by atoms with Gasteiger partial charge in [-0.1, -0.05) is 91.0 Å². The Balaban J connectivity index is 1.18. The molecule has 2 unspecified atom stereocenters. The van der Waals surface area contributed by atoms with E-state index in [-0.39, 0.29) is 12.4 Å². The molecule has 4 nitrogen and oxygen atoms in total. The maximum Gasteiger partial charge on any atom is 0.358 e. The standard InChI is InChI=1S/C54H44BN3O/c1-28-9-7-10-29(2)45(28)39-16-17-40(46-30(3)11-8-12-31(46)4)52-49(39)54(59)58-55-50-38-14-6-5-13-34(38)15-20-43(50)56-42-21-18-37-35-24-32-23-33(25-35)27-36(26-32)47(37)48(42)41-19-22-44(57(52)58)51(55)53(41)56/h5-22,32-33,35-36H,23-27H2,1-4H3. The molecule has 15 rings (SSSR count). The molecule has 2 fully saturated rings. The molecule has 0 amide bonds. The van der Waals surface area contributed by atoms with Crippen molar-refractivity contribution < 1.29 is 0 Å². The van der Waals surface area contributed by atoms with Crippen molar-refractivity contribution in [2.45, 2.75) is 71.6 Å². The lowest BCUT2D eigenvalue weighted by Gasteiger charge is -2.38. The summed E-state index contributed by atoms with van der Waals surface area (Å²) in [5.74, 6) is 3.01. The van der Waals surface area contributed by atoms with Crippen molar-refractivity contribution in [3.63, 3.8) is 0 Å². The molecule has 2 saturated carbocycles. The summed E-state index contributed by atoms with van der Waals surface area (Å²) in [4.78, 5) is 16.0. The lowest BCUT2D eigenvalue weighted by atomic mass is 9.48. The lowest BCUT2D eigenvalue weighted by molar-refractivity contribution is 0.166. The van der Waals surface area contributed by atoms with Crippen LogP contribution in [-0.2, 0) is 0 Å². The summed E-state index contributed by atoms with van der Waals surface area (Å²) >= 11 is 0. The Hall–Kier alpha value is -6.07. The van der Waals surface area contributed by atoms with Gasteiger partial charge in [-0.05, 0) is 168 Å². The zero-order chi connectivity index (χ0) is 39.2. The van der Waals surface area contributed by atoms with Gasteiger partial charge in [0.2, 0.25) is 0 Å². The van der Waals surface area contributed by atoms with Crippen LogP contribution in [-0.4, -0.2) is 20.7 Å². The molecule has 284 valence electrons. The summed E-state index contributed by atoms with van der Waals surface area (Å²) in [6, 6.07) is 40.9. The molecule has 59 heavy (non-hydrogen) atoms. The van der Waals surface area contributed by atoms with Crippen LogP contribution < -0.4 is 16.5 Å². The van der Waals surface area contributed by atoms with Gasteiger partial charge in [0, 0.05) is 27.5 Å². The van der Waals surface area contributed by atoms with E-state index >= 15 is 4.79 Å². The zero-order valence-electron chi connectivity index (χ0n) is 34.1. The van der Waals surface area contributed by atoms with Crippen LogP contribution in [0.4, 0.5) is 0 Å². The topological polar surface area (TPSA) is 31.9 Å². The zero-order valence-corrected chi connectivity index (χ0v) is 34.1. The molecule has 0 spiro atoms. The second-order valence-electron chi connectivity index (χ2n) is 19.0. The Labute approximate surface area is 343 Å². The Morgan fingerprint density at radius 1 is 0.542 bits per heavy atom. The molecule has 2 aromatic heterocycles. The van der Waals surface area contributed by atoms with Crippen LogP contribution in [0.3, 0.4) is 0 Å². The third-order valence-electron chi connectivity index (χ3n) is 15.9. The first-order valence-corrected chi connectivity index (χ1v) is 21.9. The number of aryl methyl sites for hydroxylation is 4. The molecule has 4 heterocycles. The largest absolute Gasteiger partial charge is 0.358 e. The first-order chi connectivity index (χ1) is 28.9. The van der Waals surface area contributed by atoms with Crippen LogP contribution in [0.15, 0.2) is 114 Å². The number of hydrogen-bond donors (Lipinski definition) is 0. The van der Waals surface area contributed by atoms with Crippen LogP contribution in [0.2, 0.25) is 0 Å². The lowest BCUT2D eigenvalue weighted by Crippen LogP contribution is -2.54. The van der Waals surface area contributed by atoms with E-state index in [2.05, 4.69) is 151 Å². The SMILES string of the molecule is Cc1cccc(C)c1-c1ccc(-c2c(C)cccc2C)c2c1c(=O)n1n2-c2ccc3c4c5c(ccc4n4c3c2B1c1c-4ccc2ccccc12)C1CC2CC(C1)CC5C2. The monoisotopic (exact) mass is 761 g/mol. The molecular formula is C54H44BN3O. The average Bonchev–Trinajstić information content (AvgIpc) is 3.81. The van der Waals surface area contributed by atoms with Crippen molar-refractivity contribution >= 4 is 61.3 Å². The third-order valence-corrected chi connectivity index (χ3v) is 15.9. The second kappa shape index (κ2) is 11.1. The number of rotatable bonds is 2. The van der Waals surface area contributed by atoms with Crippen LogP contribution in [0.1, 0.15) is 77.3 Å². The molecule has 2 atom stereocenters. The van der Waals surface area contributed by atoms with Gasteiger partial charge in [0.05, 0.1) is 27.6 Å². The smallest absolute Gasteiger partial charge is 0.310 e. The fourth-order valence-electron chi connectivity index (χ4n) is 13.9. The van der Waals surface area contributed by atoms with Crippen LogP contribution in [0, 0.1) is 39.5 Å². The fraction of sp³-hybridized carbons (Fsp3) is 0.241. The second-order valence-corrected chi connectivity index (χ2v) is 19.0. The maximum absolute atomic E-state index is 16.0. The molecule has 0 N–H and O–H groups in total. The minimum atomic E-state index is -0.284. The molecule has 2 aliphatic heterocycles. The maximum atomic E-state index is 16.0. The van der Waals surface area contributed by atoms with Crippen molar-refractivity contribution in [2.24, 2.45) is 11.8 Å². The van der Waals surface area contributed by atoms with E-state index in [0.29, 0.717) is 11.8 Å². The quantitative estimate of drug-likeness (QED) is 0.161. The minimum Gasteiger partial charge on any atom is -0.310 e. The molecule has 5 heteroatoms. The van der Waals surface area contributed by atoms with Gasteiger partial charge in [-0.2, -0.15) is 0 Å². The van der Waals surface area contributed by atoms with Crippen molar-refractivity contribution in [2.75, 3.05) is 0 Å². The summed E-state index contributed by atoms with van der Waals surface area (Å²) in [5.41, 5.74) is 21.1. The van der Waals surface area contributed by atoms with Gasteiger partial charge >= 0.3 is 6.85 Å². The molecule has 9 aromatic rings. The molecule has 0 radical (unpaired) electrons. The Kier molecular flexibility index (Phi) is 6.21. The number of benzene rings is 7. The highest BCUT2D eigenvalue weighted by Gasteiger charge is 2.48. The number of hydrogen-bond acceptors (Lipinski definition) is 1. The van der Waals surface area contributed by atoms with E-state index in [9.17, 15) is 0 Å². The normalized spacial score (nSPS) is 20.6. The minimum absolute atomic E-state index is 0.0745. The van der Waals surface area contributed by atoms with E-state index in [1.54, 1.807) is 11.1 Å². The Morgan fingerprint density at radius 3 is 1.95 bits per heavy atom. The molecule has 7 aromatic carbocycles. The van der Waals surface area contributed by atoms with Crippen molar-refractivity contribution in [3.8, 4) is 33.6 Å². The molecule has 4 bridgehead atoms. The molecule has 0 saturated heterocycles. The van der Waals surface area contributed by atoms with E-state index in [1.807, 2.05) is 0 Å². The van der Waals surface area contributed by atoms with Crippen molar-refractivity contribution in [1.82, 2.24) is 13.8 Å². The van der Waals surface area contributed by atoms with Gasteiger partial charge in [0.15, 0.2) is 0 Å². The van der Waals surface area contributed by atoms with Gasteiger partial charge in [0.25, 0.3) is 5.56 Å². The number of nitrogens with zero attached hydrogens (tertiary/aromatic N) is 3. The van der Waals surface area contributed by atoms with Gasteiger partial charge < -0.3 is 4.57 Å². The Bertz CT molecular complexity index is 3430. The van der Waals surface area contributed by atoms with E-state index < -0.39 is 0 Å². The highest BCUT2D eigenvalue weighted by atomic mass is 16.1. The summed E-state index contributed by atoms with van der Waals surface area (Å²) in [7, 11) is 0. The summed E-state index contributed by atoms with van der Waals surface area (Å²) in [6.45, 7) is 8.50. The van der Waals surface area contributed by atoms with Gasteiger partial charge in [-0.25, -0.2) is 0 Å². The highest BCUT2D eigenvalue weighted by Crippen LogP contribution is 2.58. The first-order valence-electron chi connectivity index (χ1n) is 21.9. The summed E-state index contributed by atoms with van der Waals surface area (Å²) in [6.07, 6.45) is 6.80. The van der Waals surface area contributed by atoms with E-state index in [0.717, 1.165) is 45.1 Å². The summed E-state index contributed by atoms with van der Waals surface area (Å²) < 4.78 is 7.14. The highest BCUT2D eigenvalue weighted by molar-refractivity contribution is 6.90. The van der Waals surface area contributed by atoms with Gasteiger partial charge in [-0.3, -0.25) is 14.1 Å². The summed E-state index contributed by atoms with van der Waals surface area (Å²) in [5, 5.41) is 6.05.